The van der Waals surface area contributed by atoms with E-state index >= 15 is 0 Å². The number of hydrogen-bond acceptors (Lipinski definition) is 4. The van der Waals surface area contributed by atoms with Crippen molar-refractivity contribution in [2.75, 3.05) is 40.0 Å². The van der Waals surface area contributed by atoms with Gasteiger partial charge in [0.1, 0.15) is 0 Å². The van der Waals surface area contributed by atoms with Gasteiger partial charge in [-0.15, -0.1) is 0 Å². The van der Waals surface area contributed by atoms with Gasteiger partial charge in [0.2, 0.25) is 0 Å². The van der Waals surface area contributed by atoms with Crippen molar-refractivity contribution >= 4 is 5.96 Å². The molecule has 142 valence electrons. The predicted octanol–water partition coefficient (Wildman–Crippen LogP) is 1.33. The molecule has 1 unspecified atom stereocenters. The van der Waals surface area contributed by atoms with E-state index in [1.807, 2.05) is 11.7 Å². The Morgan fingerprint density at radius 3 is 2.80 bits per heavy atom. The zero-order chi connectivity index (χ0) is 18.1. The number of ether oxygens (including phenoxy) is 2. The molecule has 1 aromatic rings. The van der Waals surface area contributed by atoms with Gasteiger partial charge in [-0.05, 0) is 45.1 Å². The van der Waals surface area contributed by atoms with Crippen LogP contribution in [0.4, 0.5) is 0 Å². The minimum atomic E-state index is 0.307. The number of guanidine groups is 1. The lowest BCUT2D eigenvalue weighted by Crippen LogP contribution is -2.39. The third-order valence-electron chi connectivity index (χ3n) is 4.64. The molecule has 1 aliphatic heterocycles. The van der Waals surface area contributed by atoms with Crippen LogP contribution in [0.1, 0.15) is 36.2 Å². The topological polar surface area (TPSA) is 72.7 Å². The van der Waals surface area contributed by atoms with Gasteiger partial charge in [-0.25, -0.2) is 0 Å². The average molecular weight is 351 g/mol. The molecule has 0 spiro atoms. The quantitative estimate of drug-likeness (QED) is 0.399. The summed E-state index contributed by atoms with van der Waals surface area (Å²) in [5.41, 5.74) is 3.65. The first-order chi connectivity index (χ1) is 12.1. The van der Waals surface area contributed by atoms with E-state index in [2.05, 4.69) is 34.6 Å². The van der Waals surface area contributed by atoms with Crippen LogP contribution in [0.3, 0.4) is 0 Å². The smallest absolute Gasteiger partial charge is 0.190 e. The lowest BCUT2D eigenvalue weighted by Gasteiger charge is -2.13. The average Bonchev–Trinajstić information content (AvgIpc) is 3.19. The molecule has 1 aliphatic rings. The first-order valence-electron chi connectivity index (χ1n) is 9.24. The molecule has 7 nitrogen and oxygen atoms in total. The summed E-state index contributed by atoms with van der Waals surface area (Å²) >= 11 is 0. The summed E-state index contributed by atoms with van der Waals surface area (Å²) < 4.78 is 13.1. The highest BCUT2D eigenvalue weighted by molar-refractivity contribution is 5.79. The molecule has 25 heavy (non-hydrogen) atoms. The van der Waals surface area contributed by atoms with Gasteiger partial charge in [-0.2, -0.15) is 5.10 Å². The summed E-state index contributed by atoms with van der Waals surface area (Å²) in [6.45, 7) is 8.20. The summed E-state index contributed by atoms with van der Waals surface area (Å²) in [5, 5.41) is 11.1. The minimum absolute atomic E-state index is 0.307. The van der Waals surface area contributed by atoms with E-state index in [-0.39, 0.29) is 0 Å². The van der Waals surface area contributed by atoms with Gasteiger partial charge in [-0.1, -0.05) is 0 Å². The second kappa shape index (κ2) is 10.4. The van der Waals surface area contributed by atoms with Crippen molar-refractivity contribution in [3.05, 3.63) is 17.0 Å². The van der Waals surface area contributed by atoms with E-state index in [0.29, 0.717) is 6.10 Å². The second-order valence-corrected chi connectivity index (χ2v) is 6.51. The first kappa shape index (κ1) is 19.7. The maximum Gasteiger partial charge on any atom is 0.190 e. The van der Waals surface area contributed by atoms with Crippen molar-refractivity contribution < 1.29 is 9.47 Å². The molecule has 2 N–H and O–H groups in total. The zero-order valence-corrected chi connectivity index (χ0v) is 16.1. The number of aryl methyl sites for hydroxylation is 2. The Bertz CT molecular complexity index is 550. The Hall–Kier alpha value is -1.60. The van der Waals surface area contributed by atoms with Gasteiger partial charge in [0, 0.05) is 46.1 Å². The Morgan fingerprint density at radius 1 is 1.36 bits per heavy atom. The molecular weight excluding hydrogens is 318 g/mol. The lowest BCUT2D eigenvalue weighted by molar-refractivity contribution is 0.0168. The largest absolute Gasteiger partial charge is 0.379 e. The molecule has 2 rings (SSSR count). The van der Waals surface area contributed by atoms with Gasteiger partial charge >= 0.3 is 0 Å². The van der Waals surface area contributed by atoms with E-state index in [9.17, 15) is 0 Å². The van der Waals surface area contributed by atoms with Crippen molar-refractivity contribution in [3.63, 3.8) is 0 Å². The van der Waals surface area contributed by atoms with Crippen LogP contribution in [0.5, 0.6) is 0 Å². The van der Waals surface area contributed by atoms with Crippen LogP contribution < -0.4 is 10.6 Å². The maximum absolute atomic E-state index is 5.67. The fourth-order valence-corrected chi connectivity index (χ4v) is 3.08. The minimum Gasteiger partial charge on any atom is -0.379 e. The summed E-state index contributed by atoms with van der Waals surface area (Å²) in [5.74, 6) is 0.832. The number of hydrogen-bond donors (Lipinski definition) is 2. The molecule has 1 atom stereocenters. The van der Waals surface area contributed by atoms with Crippen molar-refractivity contribution in [1.82, 2.24) is 20.4 Å². The Balaban J connectivity index is 1.56. The summed E-state index contributed by atoms with van der Waals surface area (Å²) in [6, 6.07) is 0. The van der Waals surface area contributed by atoms with Gasteiger partial charge in [0.25, 0.3) is 0 Å². The highest BCUT2D eigenvalue weighted by atomic mass is 16.5. The molecule has 0 bridgehead atoms. The van der Waals surface area contributed by atoms with Crippen LogP contribution in [0, 0.1) is 13.8 Å². The van der Waals surface area contributed by atoms with Crippen molar-refractivity contribution in [2.45, 2.75) is 45.6 Å². The molecular formula is C18H33N5O2. The van der Waals surface area contributed by atoms with Gasteiger partial charge in [-0.3, -0.25) is 9.67 Å². The Kier molecular flexibility index (Phi) is 8.21. The summed E-state index contributed by atoms with van der Waals surface area (Å²) in [6.07, 6.45) is 4.49. The summed E-state index contributed by atoms with van der Waals surface area (Å²) in [4.78, 5) is 4.26. The van der Waals surface area contributed by atoms with Gasteiger partial charge in [0.15, 0.2) is 5.96 Å². The van der Waals surface area contributed by atoms with E-state index in [1.54, 1.807) is 7.05 Å². The highest BCUT2D eigenvalue weighted by Crippen LogP contribution is 2.12. The van der Waals surface area contributed by atoms with Crippen LogP contribution in [-0.4, -0.2) is 61.8 Å². The lowest BCUT2D eigenvalue weighted by atomic mass is 10.1. The van der Waals surface area contributed by atoms with E-state index < -0.39 is 0 Å². The number of nitrogens with one attached hydrogen (secondary N) is 2. The zero-order valence-electron chi connectivity index (χ0n) is 16.1. The van der Waals surface area contributed by atoms with Crippen LogP contribution >= 0.6 is 0 Å². The fraction of sp³-hybridized carbons (Fsp3) is 0.778. The molecule has 0 saturated carbocycles. The molecule has 0 aromatic carbocycles. The molecule has 1 fully saturated rings. The third kappa shape index (κ3) is 6.32. The van der Waals surface area contributed by atoms with Crippen LogP contribution in [0.2, 0.25) is 0 Å². The monoisotopic (exact) mass is 351 g/mol. The van der Waals surface area contributed by atoms with Gasteiger partial charge < -0.3 is 20.1 Å². The van der Waals surface area contributed by atoms with Crippen molar-refractivity contribution in [2.24, 2.45) is 12.0 Å². The third-order valence-corrected chi connectivity index (χ3v) is 4.64. The number of aliphatic imine (C=N–C) groups is 1. The normalized spacial score (nSPS) is 17.9. The van der Waals surface area contributed by atoms with Gasteiger partial charge in [0.05, 0.1) is 18.4 Å². The molecule has 1 saturated heterocycles. The van der Waals surface area contributed by atoms with Crippen LogP contribution in [0.25, 0.3) is 0 Å². The number of aromatic nitrogens is 2. The number of rotatable bonds is 9. The van der Waals surface area contributed by atoms with Crippen LogP contribution in [0.15, 0.2) is 4.99 Å². The van der Waals surface area contributed by atoms with Crippen molar-refractivity contribution in [3.8, 4) is 0 Å². The Morgan fingerprint density at radius 2 is 2.16 bits per heavy atom. The second-order valence-electron chi connectivity index (χ2n) is 6.51. The molecule has 0 aliphatic carbocycles. The SMILES string of the molecule is CN=C(NCCCOCC1CCCO1)NCCc1c(C)nn(C)c1C. The van der Waals surface area contributed by atoms with Crippen molar-refractivity contribution in [1.29, 1.82) is 0 Å². The molecule has 7 heteroatoms. The Labute approximate surface area is 151 Å². The molecule has 0 radical (unpaired) electrons. The number of nitrogens with zero attached hydrogens (tertiary/aromatic N) is 3. The predicted molar refractivity (Wildman–Crippen MR) is 100 cm³/mol. The summed E-state index contributed by atoms with van der Waals surface area (Å²) in [7, 11) is 3.78. The highest BCUT2D eigenvalue weighted by Gasteiger charge is 2.14. The fourth-order valence-electron chi connectivity index (χ4n) is 3.08. The molecule has 2 heterocycles. The maximum atomic E-state index is 5.67. The standard InChI is InChI=1S/C18H33N5O2/c1-14-17(15(2)23(4)22-14)8-10-21-18(19-3)20-9-6-11-24-13-16-7-5-12-25-16/h16H,5-13H2,1-4H3,(H2,19,20,21). The first-order valence-corrected chi connectivity index (χ1v) is 9.24. The van der Waals surface area contributed by atoms with E-state index in [0.717, 1.165) is 70.2 Å². The molecule has 0 amide bonds. The van der Waals surface area contributed by atoms with E-state index in [1.165, 1.54) is 11.3 Å². The van der Waals surface area contributed by atoms with E-state index in [4.69, 9.17) is 9.47 Å². The van der Waals surface area contributed by atoms with Crippen LogP contribution in [-0.2, 0) is 22.9 Å². The molecule has 1 aromatic heterocycles.